The van der Waals surface area contributed by atoms with Gasteiger partial charge in [-0.1, -0.05) is 19.1 Å². The van der Waals surface area contributed by atoms with Gasteiger partial charge in [-0.25, -0.2) is 8.42 Å². The van der Waals surface area contributed by atoms with E-state index in [1.54, 1.807) is 10.4 Å². The zero-order valence-corrected chi connectivity index (χ0v) is 13.6. The molecule has 0 bridgehead atoms. The van der Waals surface area contributed by atoms with Crippen LogP contribution in [-0.2, 0) is 15.9 Å². The Morgan fingerprint density at radius 2 is 1.95 bits per heavy atom. The zero-order chi connectivity index (χ0) is 14.6. The van der Waals surface area contributed by atoms with Gasteiger partial charge in [0.2, 0.25) is 10.0 Å². The molecule has 0 radical (unpaired) electrons. The number of benzene rings is 1. The molecule has 0 aliphatic carbocycles. The van der Waals surface area contributed by atoms with Crippen LogP contribution in [0, 0.1) is 6.92 Å². The Morgan fingerprint density at radius 1 is 1.32 bits per heavy atom. The Hall–Kier alpha value is -0.580. The fourth-order valence-electron chi connectivity index (χ4n) is 2.01. The number of nitrogens with zero attached hydrogens (tertiary/aromatic N) is 1. The highest BCUT2D eigenvalue weighted by molar-refractivity contribution is 7.89. The number of hydrogen-bond donors (Lipinski definition) is 0. The molecule has 0 heterocycles. The zero-order valence-electron chi connectivity index (χ0n) is 12.0. The molecule has 5 heteroatoms. The van der Waals surface area contributed by atoms with E-state index in [2.05, 4.69) is 0 Å². The first-order valence-corrected chi connectivity index (χ1v) is 8.49. The third-order valence-electron chi connectivity index (χ3n) is 3.01. The molecule has 0 unspecified atom stereocenters. The van der Waals surface area contributed by atoms with Gasteiger partial charge < -0.3 is 0 Å². The van der Waals surface area contributed by atoms with Gasteiger partial charge in [0.1, 0.15) is 0 Å². The summed E-state index contributed by atoms with van der Waals surface area (Å²) in [7, 11) is -3.45. The smallest absolute Gasteiger partial charge is 0.207 e. The lowest BCUT2D eigenvalue weighted by Gasteiger charge is -2.26. The van der Waals surface area contributed by atoms with Crippen molar-refractivity contribution in [2.24, 2.45) is 0 Å². The topological polar surface area (TPSA) is 37.4 Å². The van der Waals surface area contributed by atoms with Crippen LogP contribution in [0.25, 0.3) is 0 Å². The molecule has 0 aromatic heterocycles. The lowest BCUT2D eigenvalue weighted by atomic mass is 10.2. The van der Waals surface area contributed by atoms with E-state index < -0.39 is 10.0 Å². The van der Waals surface area contributed by atoms with Crippen molar-refractivity contribution in [1.29, 1.82) is 0 Å². The van der Waals surface area contributed by atoms with Crippen LogP contribution in [0.2, 0.25) is 0 Å². The third kappa shape index (κ3) is 3.71. The first-order chi connectivity index (χ1) is 8.84. The Bertz CT molecular complexity index is 526. The summed E-state index contributed by atoms with van der Waals surface area (Å²) in [6.45, 7) is 8.12. The summed E-state index contributed by atoms with van der Waals surface area (Å²) in [5.41, 5.74) is 1.58. The fraction of sp³-hybridized carbons (Fsp3) is 0.571. The predicted molar refractivity (Wildman–Crippen MR) is 80.1 cm³/mol. The Balaban J connectivity index is 3.32. The van der Waals surface area contributed by atoms with E-state index in [1.807, 2.05) is 39.8 Å². The van der Waals surface area contributed by atoms with E-state index in [4.69, 9.17) is 11.6 Å². The van der Waals surface area contributed by atoms with Gasteiger partial charge in [-0.05, 0) is 44.4 Å². The highest BCUT2D eigenvalue weighted by atomic mass is 35.5. The lowest BCUT2D eigenvalue weighted by molar-refractivity contribution is 0.354. The summed E-state index contributed by atoms with van der Waals surface area (Å²) >= 11 is 5.80. The average molecular weight is 304 g/mol. The van der Waals surface area contributed by atoms with Crippen LogP contribution in [0.4, 0.5) is 0 Å². The van der Waals surface area contributed by atoms with Crippen LogP contribution in [0.3, 0.4) is 0 Å². The molecule has 0 amide bonds. The summed E-state index contributed by atoms with van der Waals surface area (Å²) < 4.78 is 27.0. The largest absolute Gasteiger partial charge is 0.243 e. The molecule has 0 saturated carbocycles. The number of alkyl halides is 1. The summed E-state index contributed by atoms with van der Waals surface area (Å²) in [4.78, 5) is 0.368. The van der Waals surface area contributed by atoms with Gasteiger partial charge in [-0.2, -0.15) is 4.31 Å². The van der Waals surface area contributed by atoms with Gasteiger partial charge >= 0.3 is 0 Å². The van der Waals surface area contributed by atoms with Crippen molar-refractivity contribution in [3.05, 3.63) is 29.3 Å². The van der Waals surface area contributed by atoms with Crippen LogP contribution >= 0.6 is 11.6 Å². The molecule has 0 N–H and O–H groups in total. The van der Waals surface area contributed by atoms with Crippen LogP contribution in [-0.4, -0.2) is 25.3 Å². The highest BCUT2D eigenvalue weighted by Gasteiger charge is 2.27. The van der Waals surface area contributed by atoms with Crippen molar-refractivity contribution in [3.63, 3.8) is 0 Å². The average Bonchev–Trinajstić information content (AvgIpc) is 2.35. The second-order valence-electron chi connectivity index (χ2n) is 4.94. The minimum Gasteiger partial charge on any atom is -0.207 e. The minimum absolute atomic E-state index is 0.0518. The van der Waals surface area contributed by atoms with E-state index in [-0.39, 0.29) is 6.04 Å². The SMILES string of the molecule is CCCN(C(C)C)S(=O)(=O)c1cc(CCl)ccc1C. The normalized spacial score (nSPS) is 12.4. The molecule has 3 nitrogen and oxygen atoms in total. The van der Waals surface area contributed by atoms with Crippen LogP contribution in [0.5, 0.6) is 0 Å². The molecule has 1 aromatic carbocycles. The van der Waals surface area contributed by atoms with Crippen LogP contribution in [0.1, 0.15) is 38.3 Å². The van der Waals surface area contributed by atoms with E-state index in [0.717, 1.165) is 17.5 Å². The summed E-state index contributed by atoms with van der Waals surface area (Å²) in [5.74, 6) is 0.318. The quantitative estimate of drug-likeness (QED) is 0.754. The molecule has 1 aromatic rings. The Kier molecular flexibility index (Phi) is 5.83. The van der Waals surface area contributed by atoms with Crippen molar-refractivity contribution < 1.29 is 8.42 Å². The first kappa shape index (κ1) is 16.5. The van der Waals surface area contributed by atoms with Crippen molar-refractivity contribution in [2.45, 2.75) is 50.9 Å². The van der Waals surface area contributed by atoms with E-state index in [0.29, 0.717) is 17.3 Å². The van der Waals surface area contributed by atoms with E-state index >= 15 is 0 Å². The molecular formula is C14H22ClNO2S. The van der Waals surface area contributed by atoms with Gasteiger partial charge in [0.05, 0.1) is 4.90 Å². The number of rotatable bonds is 6. The standard InChI is InChI=1S/C14H22ClNO2S/c1-5-8-16(11(2)3)19(17,18)14-9-13(10-15)7-6-12(14)4/h6-7,9,11H,5,8,10H2,1-4H3. The molecule has 1 rings (SSSR count). The molecule has 0 atom stereocenters. The van der Waals surface area contributed by atoms with Crippen molar-refractivity contribution in [3.8, 4) is 0 Å². The second kappa shape index (κ2) is 6.73. The first-order valence-electron chi connectivity index (χ1n) is 6.52. The summed E-state index contributed by atoms with van der Waals surface area (Å²) in [6, 6.07) is 5.31. The molecule has 0 aliphatic heterocycles. The molecule has 108 valence electrons. The number of sulfonamides is 1. The Morgan fingerprint density at radius 3 is 2.42 bits per heavy atom. The predicted octanol–water partition coefficient (Wildman–Crippen LogP) is 3.54. The summed E-state index contributed by atoms with van der Waals surface area (Å²) in [6.07, 6.45) is 0.797. The molecule has 0 fully saturated rings. The fourth-order valence-corrected chi connectivity index (χ4v) is 4.18. The lowest BCUT2D eigenvalue weighted by Crippen LogP contribution is -2.37. The second-order valence-corrected chi connectivity index (χ2v) is 7.07. The van der Waals surface area contributed by atoms with E-state index in [9.17, 15) is 8.42 Å². The molecule has 0 spiro atoms. The summed E-state index contributed by atoms with van der Waals surface area (Å²) in [5, 5.41) is 0. The van der Waals surface area contributed by atoms with Gasteiger partial charge in [-0.3, -0.25) is 0 Å². The molecule has 0 aliphatic rings. The Labute approximate surface area is 121 Å². The monoisotopic (exact) mass is 303 g/mol. The maximum absolute atomic E-state index is 12.7. The van der Waals surface area contributed by atoms with Gasteiger partial charge in [-0.15, -0.1) is 11.6 Å². The van der Waals surface area contributed by atoms with Gasteiger partial charge in [0, 0.05) is 18.5 Å². The van der Waals surface area contributed by atoms with Crippen molar-refractivity contribution in [2.75, 3.05) is 6.54 Å². The highest BCUT2D eigenvalue weighted by Crippen LogP contribution is 2.24. The third-order valence-corrected chi connectivity index (χ3v) is 5.54. The van der Waals surface area contributed by atoms with Gasteiger partial charge in [0.25, 0.3) is 0 Å². The minimum atomic E-state index is -3.45. The maximum Gasteiger partial charge on any atom is 0.243 e. The maximum atomic E-state index is 12.7. The molecule has 19 heavy (non-hydrogen) atoms. The molecular weight excluding hydrogens is 282 g/mol. The number of aryl methyl sites for hydroxylation is 1. The van der Waals surface area contributed by atoms with E-state index in [1.165, 1.54) is 0 Å². The van der Waals surface area contributed by atoms with Gasteiger partial charge in [0.15, 0.2) is 0 Å². The number of halogens is 1. The van der Waals surface area contributed by atoms with Crippen LogP contribution in [0.15, 0.2) is 23.1 Å². The van der Waals surface area contributed by atoms with Crippen molar-refractivity contribution >= 4 is 21.6 Å². The van der Waals surface area contributed by atoms with Crippen molar-refractivity contribution in [1.82, 2.24) is 4.31 Å². The van der Waals surface area contributed by atoms with Crippen LogP contribution < -0.4 is 0 Å². The molecule has 0 saturated heterocycles. The number of hydrogen-bond acceptors (Lipinski definition) is 2.